The Labute approximate surface area is 207 Å². The van der Waals surface area contributed by atoms with E-state index in [1.54, 1.807) is 11.0 Å². The highest BCUT2D eigenvalue weighted by atomic mass is 35.5. The Bertz CT molecular complexity index is 908. The second-order valence-electron chi connectivity index (χ2n) is 8.46. The maximum absolute atomic E-state index is 14.5. The van der Waals surface area contributed by atoms with E-state index in [1.165, 1.54) is 12.1 Å². The van der Waals surface area contributed by atoms with Crippen LogP contribution in [0, 0.1) is 5.82 Å². The van der Waals surface area contributed by atoms with Gasteiger partial charge < -0.3 is 20.3 Å². The number of ether oxygens (including phenoxy) is 1. The molecule has 4 rings (SSSR count). The third kappa shape index (κ3) is 6.80. The van der Waals surface area contributed by atoms with Crippen LogP contribution in [0.25, 0.3) is 0 Å². The summed E-state index contributed by atoms with van der Waals surface area (Å²) < 4.78 is 20.4. The second-order valence-corrected chi connectivity index (χ2v) is 8.46. The van der Waals surface area contributed by atoms with Gasteiger partial charge in [0.25, 0.3) is 5.91 Å². The Morgan fingerprint density at radius 3 is 2.36 bits per heavy atom. The van der Waals surface area contributed by atoms with Crippen molar-refractivity contribution < 1.29 is 13.9 Å². The van der Waals surface area contributed by atoms with E-state index in [9.17, 15) is 9.18 Å². The van der Waals surface area contributed by atoms with Crippen molar-refractivity contribution >= 4 is 30.7 Å². The Hall–Kier alpha value is -1.90. The van der Waals surface area contributed by atoms with Gasteiger partial charge in [-0.1, -0.05) is 12.1 Å². The van der Waals surface area contributed by atoms with Crippen molar-refractivity contribution in [1.29, 1.82) is 0 Å². The van der Waals surface area contributed by atoms with E-state index in [4.69, 9.17) is 10.5 Å². The fourth-order valence-corrected chi connectivity index (χ4v) is 4.34. The lowest BCUT2D eigenvalue weighted by atomic mass is 10.1. The molecule has 2 aliphatic heterocycles. The highest BCUT2D eigenvalue weighted by molar-refractivity contribution is 5.95. The third-order valence-electron chi connectivity index (χ3n) is 6.27. The lowest BCUT2D eigenvalue weighted by Crippen LogP contribution is -2.50. The van der Waals surface area contributed by atoms with Crippen molar-refractivity contribution in [1.82, 2.24) is 14.7 Å². The van der Waals surface area contributed by atoms with E-state index in [0.717, 1.165) is 44.6 Å². The monoisotopic (exact) mass is 498 g/mol. The number of likely N-dealkylation sites (N-methyl/N-ethyl adjacent to an activating group) is 1. The molecule has 2 saturated heterocycles. The summed E-state index contributed by atoms with van der Waals surface area (Å²) in [5, 5.41) is 0. The molecule has 1 atom stereocenters. The largest absolute Gasteiger partial charge is 0.457 e. The Kier molecular flexibility index (Phi) is 10.4. The molecule has 6 nitrogen and oxygen atoms in total. The normalized spacial score (nSPS) is 19.0. The highest BCUT2D eigenvalue weighted by Gasteiger charge is 2.33. The molecular weight excluding hydrogens is 466 g/mol. The van der Waals surface area contributed by atoms with Crippen LogP contribution in [0.2, 0.25) is 0 Å². The minimum atomic E-state index is -0.515. The summed E-state index contributed by atoms with van der Waals surface area (Å²) in [5.74, 6) is 0.310. The van der Waals surface area contributed by atoms with Crippen LogP contribution in [0.4, 0.5) is 4.39 Å². The van der Waals surface area contributed by atoms with E-state index in [-0.39, 0.29) is 36.3 Å². The molecule has 1 amide bonds. The van der Waals surface area contributed by atoms with E-state index in [1.807, 2.05) is 24.3 Å². The molecule has 9 heteroatoms. The standard InChI is InChI=1S/C24H31FN4O2.2ClH/c1-27-12-14-28(15-13-27)19-9-11-29(17-19)24(30)22-16-21(6-7-23(22)25)31-20-4-2-18(3-5-20)8-10-26;;/h2-7,16,19H,8-15,17,26H2,1H3;2*1H. The van der Waals surface area contributed by atoms with Gasteiger partial charge in [-0.2, -0.15) is 0 Å². The Morgan fingerprint density at radius 1 is 1.03 bits per heavy atom. The summed E-state index contributed by atoms with van der Waals surface area (Å²) in [6.07, 6.45) is 1.74. The maximum Gasteiger partial charge on any atom is 0.257 e. The molecule has 0 spiro atoms. The van der Waals surface area contributed by atoms with Crippen molar-refractivity contribution in [3.63, 3.8) is 0 Å². The molecule has 1 unspecified atom stereocenters. The number of benzene rings is 2. The van der Waals surface area contributed by atoms with E-state index < -0.39 is 5.82 Å². The Balaban J connectivity index is 0.00000193. The number of hydrogen-bond acceptors (Lipinski definition) is 5. The predicted octanol–water partition coefficient (Wildman–Crippen LogP) is 3.42. The zero-order chi connectivity index (χ0) is 21.8. The van der Waals surface area contributed by atoms with Crippen LogP contribution >= 0.6 is 24.8 Å². The number of nitrogens with two attached hydrogens (primary N) is 1. The highest BCUT2D eigenvalue weighted by Crippen LogP contribution is 2.26. The topological polar surface area (TPSA) is 62.0 Å². The van der Waals surface area contributed by atoms with Crippen LogP contribution in [-0.4, -0.2) is 79.5 Å². The fraction of sp³-hybridized carbons (Fsp3) is 0.458. The molecule has 0 radical (unpaired) electrons. The number of halogens is 3. The first-order valence-corrected chi connectivity index (χ1v) is 11.0. The molecule has 0 aromatic heterocycles. The van der Waals surface area contributed by atoms with E-state index in [2.05, 4.69) is 16.8 Å². The summed E-state index contributed by atoms with van der Waals surface area (Å²) in [7, 11) is 2.13. The molecule has 0 saturated carbocycles. The van der Waals surface area contributed by atoms with Gasteiger partial charge in [-0.3, -0.25) is 9.69 Å². The average molecular weight is 499 g/mol. The number of piperazine rings is 1. The quantitative estimate of drug-likeness (QED) is 0.660. The first-order chi connectivity index (χ1) is 15.0. The molecule has 2 aliphatic rings. The summed E-state index contributed by atoms with van der Waals surface area (Å²) in [6.45, 7) is 6.03. The van der Waals surface area contributed by atoms with Crippen molar-refractivity contribution in [3.8, 4) is 11.5 Å². The number of amides is 1. The van der Waals surface area contributed by atoms with Crippen LogP contribution in [-0.2, 0) is 6.42 Å². The molecule has 2 aromatic carbocycles. The number of rotatable bonds is 6. The lowest BCUT2D eigenvalue weighted by molar-refractivity contribution is 0.0750. The fourth-order valence-electron chi connectivity index (χ4n) is 4.34. The van der Waals surface area contributed by atoms with Gasteiger partial charge >= 0.3 is 0 Å². The molecule has 182 valence electrons. The van der Waals surface area contributed by atoms with Gasteiger partial charge in [-0.25, -0.2) is 4.39 Å². The number of nitrogens with zero attached hydrogens (tertiary/aromatic N) is 3. The van der Waals surface area contributed by atoms with Gasteiger partial charge in [0.05, 0.1) is 5.56 Å². The lowest BCUT2D eigenvalue weighted by Gasteiger charge is -2.36. The minimum Gasteiger partial charge on any atom is -0.457 e. The molecular formula is C24H33Cl2FN4O2. The van der Waals surface area contributed by atoms with Crippen molar-refractivity contribution in [2.24, 2.45) is 5.73 Å². The van der Waals surface area contributed by atoms with Gasteiger partial charge in [0.2, 0.25) is 0 Å². The van der Waals surface area contributed by atoms with Crippen molar-refractivity contribution in [3.05, 3.63) is 59.4 Å². The van der Waals surface area contributed by atoms with Gasteiger partial charge in [0.15, 0.2) is 0 Å². The predicted molar refractivity (Wildman–Crippen MR) is 134 cm³/mol. The van der Waals surface area contributed by atoms with Gasteiger partial charge in [-0.15, -0.1) is 24.8 Å². The smallest absolute Gasteiger partial charge is 0.257 e. The van der Waals surface area contributed by atoms with Crippen molar-refractivity contribution in [2.75, 3.05) is 52.9 Å². The van der Waals surface area contributed by atoms with Crippen LogP contribution in [0.5, 0.6) is 11.5 Å². The van der Waals surface area contributed by atoms with Gasteiger partial charge in [0.1, 0.15) is 17.3 Å². The first-order valence-electron chi connectivity index (χ1n) is 11.0. The summed E-state index contributed by atoms with van der Waals surface area (Å²) in [6, 6.07) is 12.4. The van der Waals surface area contributed by atoms with E-state index in [0.29, 0.717) is 37.2 Å². The summed E-state index contributed by atoms with van der Waals surface area (Å²) in [5.41, 5.74) is 6.78. The summed E-state index contributed by atoms with van der Waals surface area (Å²) >= 11 is 0. The third-order valence-corrected chi connectivity index (χ3v) is 6.27. The van der Waals surface area contributed by atoms with Gasteiger partial charge in [-0.05, 0) is 62.3 Å². The zero-order valence-corrected chi connectivity index (χ0v) is 20.5. The van der Waals surface area contributed by atoms with Gasteiger partial charge in [0, 0.05) is 45.3 Å². The number of carbonyl (C=O) groups is 1. The average Bonchev–Trinajstić information content (AvgIpc) is 3.27. The molecule has 0 aliphatic carbocycles. The molecule has 2 heterocycles. The van der Waals surface area contributed by atoms with Crippen LogP contribution in [0.1, 0.15) is 22.3 Å². The number of hydrogen-bond donors (Lipinski definition) is 1. The van der Waals surface area contributed by atoms with Crippen molar-refractivity contribution in [2.45, 2.75) is 18.9 Å². The summed E-state index contributed by atoms with van der Waals surface area (Å²) in [4.78, 5) is 19.6. The number of carbonyl (C=O) groups excluding carboxylic acids is 1. The Morgan fingerprint density at radius 2 is 1.70 bits per heavy atom. The first kappa shape index (κ1) is 27.3. The molecule has 33 heavy (non-hydrogen) atoms. The molecule has 0 bridgehead atoms. The second kappa shape index (κ2) is 12.5. The maximum atomic E-state index is 14.5. The van der Waals surface area contributed by atoms with Crippen LogP contribution in [0.3, 0.4) is 0 Å². The van der Waals surface area contributed by atoms with E-state index >= 15 is 0 Å². The zero-order valence-electron chi connectivity index (χ0n) is 18.9. The van der Waals surface area contributed by atoms with Crippen LogP contribution in [0.15, 0.2) is 42.5 Å². The minimum absolute atomic E-state index is 0. The van der Waals surface area contributed by atoms with Crippen LogP contribution < -0.4 is 10.5 Å². The molecule has 2 fully saturated rings. The molecule has 2 aromatic rings. The SMILES string of the molecule is CN1CCN(C2CCN(C(=O)c3cc(Oc4ccc(CCN)cc4)ccc3F)C2)CC1.Cl.Cl. The molecule has 2 N–H and O–H groups in total. The number of likely N-dealkylation sites (tertiary alicyclic amines) is 1.